The fraction of sp³-hybridized carbons (Fsp3) is 0.333. The van der Waals surface area contributed by atoms with Crippen molar-refractivity contribution >= 4 is 5.69 Å². The van der Waals surface area contributed by atoms with Gasteiger partial charge in [-0.3, -0.25) is 0 Å². The summed E-state index contributed by atoms with van der Waals surface area (Å²) in [4.78, 5) is 0. The summed E-state index contributed by atoms with van der Waals surface area (Å²) in [5, 5.41) is 12.8. The number of hydrogen-bond donors (Lipinski definition) is 2. The van der Waals surface area contributed by atoms with Gasteiger partial charge in [-0.05, 0) is 42.7 Å². The summed E-state index contributed by atoms with van der Waals surface area (Å²) in [5.74, 6) is 1.69. The van der Waals surface area contributed by atoms with Crippen LogP contribution in [-0.2, 0) is 0 Å². The molecule has 0 saturated heterocycles. The van der Waals surface area contributed by atoms with E-state index in [1.165, 1.54) is 5.56 Å². The van der Waals surface area contributed by atoms with Gasteiger partial charge < -0.3 is 15.2 Å². The molecule has 0 aliphatic heterocycles. The number of phenolic OH excluding ortho intramolecular Hbond substituents is 1. The van der Waals surface area contributed by atoms with Gasteiger partial charge in [0.2, 0.25) is 0 Å². The maximum Gasteiger partial charge on any atom is 0.119 e. The Bertz CT molecular complexity index is 564. The summed E-state index contributed by atoms with van der Waals surface area (Å²) in [6, 6.07) is 15.4. The molecule has 0 aromatic heterocycles. The molecule has 1 atom stereocenters. The first kappa shape index (κ1) is 15.2. The highest BCUT2D eigenvalue weighted by Gasteiger charge is 2.06. The standard InChI is InChI=1S/C18H23NO2/c1-13(2)12-21-18-9-7-15(8-10-18)14(3)19-16-5-4-6-17(20)11-16/h4-11,13-14,19-20H,12H2,1-3H3. The topological polar surface area (TPSA) is 41.5 Å². The minimum absolute atomic E-state index is 0.158. The van der Waals surface area contributed by atoms with Gasteiger partial charge in [0.05, 0.1) is 6.61 Å². The molecule has 0 aliphatic carbocycles. The Morgan fingerprint density at radius 3 is 2.38 bits per heavy atom. The third kappa shape index (κ3) is 4.71. The van der Waals surface area contributed by atoms with Crippen molar-refractivity contribution in [2.45, 2.75) is 26.8 Å². The van der Waals surface area contributed by atoms with Crippen molar-refractivity contribution in [1.82, 2.24) is 0 Å². The van der Waals surface area contributed by atoms with E-state index >= 15 is 0 Å². The molecule has 0 amide bonds. The number of benzene rings is 2. The molecule has 1 unspecified atom stereocenters. The maximum absolute atomic E-state index is 9.48. The van der Waals surface area contributed by atoms with Crippen molar-refractivity contribution in [3.05, 3.63) is 54.1 Å². The van der Waals surface area contributed by atoms with Crippen LogP contribution in [0.3, 0.4) is 0 Å². The predicted molar refractivity (Wildman–Crippen MR) is 86.9 cm³/mol. The highest BCUT2D eigenvalue weighted by molar-refractivity contribution is 5.49. The largest absolute Gasteiger partial charge is 0.508 e. The van der Waals surface area contributed by atoms with Crippen LogP contribution in [0.15, 0.2) is 48.5 Å². The second-order valence-corrected chi connectivity index (χ2v) is 5.69. The maximum atomic E-state index is 9.48. The molecule has 112 valence electrons. The van der Waals surface area contributed by atoms with E-state index in [-0.39, 0.29) is 11.8 Å². The van der Waals surface area contributed by atoms with E-state index in [2.05, 4.69) is 38.2 Å². The fourth-order valence-corrected chi connectivity index (χ4v) is 2.04. The third-order valence-electron chi connectivity index (χ3n) is 3.19. The van der Waals surface area contributed by atoms with Crippen LogP contribution in [0.25, 0.3) is 0 Å². The summed E-state index contributed by atoms with van der Waals surface area (Å²) in [7, 11) is 0. The highest BCUT2D eigenvalue weighted by atomic mass is 16.5. The Morgan fingerprint density at radius 2 is 1.76 bits per heavy atom. The van der Waals surface area contributed by atoms with E-state index < -0.39 is 0 Å². The summed E-state index contributed by atoms with van der Waals surface area (Å²) < 4.78 is 5.68. The van der Waals surface area contributed by atoms with Crippen LogP contribution in [0.4, 0.5) is 5.69 Å². The summed E-state index contributed by atoms with van der Waals surface area (Å²) in [6.45, 7) is 7.09. The summed E-state index contributed by atoms with van der Waals surface area (Å²) in [6.07, 6.45) is 0. The molecule has 2 N–H and O–H groups in total. The van der Waals surface area contributed by atoms with Crippen LogP contribution in [0, 0.1) is 5.92 Å². The molecule has 21 heavy (non-hydrogen) atoms. The van der Waals surface area contributed by atoms with Crippen molar-refractivity contribution in [3.63, 3.8) is 0 Å². The molecule has 2 rings (SSSR count). The van der Waals surface area contributed by atoms with Gasteiger partial charge in [0.1, 0.15) is 11.5 Å². The monoisotopic (exact) mass is 285 g/mol. The van der Waals surface area contributed by atoms with Crippen LogP contribution >= 0.6 is 0 Å². The Labute approximate surface area is 126 Å². The lowest BCUT2D eigenvalue weighted by atomic mass is 10.1. The van der Waals surface area contributed by atoms with Crippen molar-refractivity contribution in [1.29, 1.82) is 0 Å². The van der Waals surface area contributed by atoms with Crippen LogP contribution in [0.5, 0.6) is 11.5 Å². The Hall–Kier alpha value is -2.16. The Morgan fingerprint density at radius 1 is 1.05 bits per heavy atom. The zero-order valence-corrected chi connectivity index (χ0v) is 12.8. The molecule has 3 nitrogen and oxygen atoms in total. The van der Waals surface area contributed by atoms with Gasteiger partial charge in [-0.1, -0.05) is 32.0 Å². The van der Waals surface area contributed by atoms with Crippen molar-refractivity contribution in [3.8, 4) is 11.5 Å². The molecule has 0 aliphatic rings. The van der Waals surface area contributed by atoms with E-state index in [4.69, 9.17) is 4.74 Å². The first-order valence-electron chi connectivity index (χ1n) is 7.33. The quantitative estimate of drug-likeness (QED) is 0.815. The molecule has 2 aromatic rings. The number of aromatic hydroxyl groups is 1. The third-order valence-corrected chi connectivity index (χ3v) is 3.19. The first-order chi connectivity index (χ1) is 10.0. The van der Waals surface area contributed by atoms with Crippen molar-refractivity contribution in [2.75, 3.05) is 11.9 Å². The Kier molecular flexibility index (Phi) is 5.09. The molecule has 0 saturated carbocycles. The van der Waals surface area contributed by atoms with E-state index in [0.717, 1.165) is 18.0 Å². The Balaban J connectivity index is 1.97. The van der Waals surface area contributed by atoms with Gasteiger partial charge >= 0.3 is 0 Å². The lowest BCUT2D eigenvalue weighted by Crippen LogP contribution is -2.07. The normalized spacial score (nSPS) is 12.2. The van der Waals surface area contributed by atoms with Gasteiger partial charge in [0.25, 0.3) is 0 Å². The van der Waals surface area contributed by atoms with E-state index in [9.17, 15) is 5.11 Å². The van der Waals surface area contributed by atoms with Gasteiger partial charge in [-0.25, -0.2) is 0 Å². The molecule has 0 bridgehead atoms. The number of hydrogen-bond acceptors (Lipinski definition) is 3. The smallest absolute Gasteiger partial charge is 0.119 e. The van der Waals surface area contributed by atoms with Crippen molar-refractivity contribution < 1.29 is 9.84 Å². The summed E-state index contributed by atoms with van der Waals surface area (Å²) in [5.41, 5.74) is 2.08. The highest BCUT2D eigenvalue weighted by Crippen LogP contribution is 2.23. The van der Waals surface area contributed by atoms with Crippen LogP contribution in [0.2, 0.25) is 0 Å². The molecule has 0 radical (unpaired) electrons. The summed E-state index contributed by atoms with van der Waals surface area (Å²) >= 11 is 0. The SMILES string of the molecule is CC(C)COc1ccc(C(C)Nc2cccc(O)c2)cc1. The van der Waals surface area contributed by atoms with Crippen LogP contribution < -0.4 is 10.1 Å². The molecular weight excluding hydrogens is 262 g/mol. The average molecular weight is 285 g/mol. The number of ether oxygens (including phenoxy) is 1. The molecule has 2 aromatic carbocycles. The van der Waals surface area contributed by atoms with Gasteiger partial charge in [-0.2, -0.15) is 0 Å². The second kappa shape index (κ2) is 7.02. The van der Waals surface area contributed by atoms with E-state index in [0.29, 0.717) is 5.92 Å². The number of rotatable bonds is 6. The van der Waals surface area contributed by atoms with E-state index in [1.807, 2.05) is 24.3 Å². The molecule has 0 spiro atoms. The number of nitrogens with one attached hydrogen (secondary N) is 1. The van der Waals surface area contributed by atoms with Crippen LogP contribution in [-0.4, -0.2) is 11.7 Å². The van der Waals surface area contributed by atoms with E-state index in [1.54, 1.807) is 12.1 Å². The first-order valence-corrected chi connectivity index (χ1v) is 7.33. The number of phenols is 1. The predicted octanol–water partition coefficient (Wildman–Crippen LogP) is 4.60. The van der Waals surface area contributed by atoms with Crippen molar-refractivity contribution in [2.24, 2.45) is 5.92 Å². The van der Waals surface area contributed by atoms with Gasteiger partial charge in [-0.15, -0.1) is 0 Å². The molecule has 0 heterocycles. The number of anilines is 1. The van der Waals surface area contributed by atoms with Gasteiger partial charge in [0, 0.05) is 17.8 Å². The minimum atomic E-state index is 0.158. The van der Waals surface area contributed by atoms with Gasteiger partial charge in [0.15, 0.2) is 0 Å². The molecule has 3 heteroatoms. The zero-order valence-electron chi connectivity index (χ0n) is 12.8. The fourth-order valence-electron chi connectivity index (χ4n) is 2.04. The second-order valence-electron chi connectivity index (χ2n) is 5.69. The zero-order chi connectivity index (χ0) is 15.2. The average Bonchev–Trinajstić information content (AvgIpc) is 2.45. The lowest BCUT2D eigenvalue weighted by Gasteiger charge is -2.16. The minimum Gasteiger partial charge on any atom is -0.508 e. The molecule has 0 fully saturated rings. The van der Waals surface area contributed by atoms with Crippen LogP contribution in [0.1, 0.15) is 32.4 Å². The molecular formula is C18H23NO2. The lowest BCUT2D eigenvalue weighted by molar-refractivity contribution is 0.271.